The maximum atomic E-state index is 13.5. The van der Waals surface area contributed by atoms with Crippen molar-refractivity contribution in [1.82, 2.24) is 13.7 Å². The Morgan fingerprint density at radius 1 is 0.290 bits per heavy atom. The molecule has 0 saturated carbocycles. The van der Waals surface area contributed by atoms with Crippen LogP contribution < -0.4 is 10.9 Å². The first-order valence-electron chi connectivity index (χ1n) is 23.1. The van der Waals surface area contributed by atoms with Gasteiger partial charge in [0.15, 0.2) is 10.9 Å². The van der Waals surface area contributed by atoms with E-state index >= 15 is 0 Å². The van der Waals surface area contributed by atoms with Gasteiger partial charge in [-0.1, -0.05) is 162 Å². The number of aromatic nitrogens is 3. The summed E-state index contributed by atoms with van der Waals surface area (Å²) in [4.78, 5) is 26.2. The van der Waals surface area contributed by atoms with Gasteiger partial charge in [0.2, 0.25) is 0 Å². The molecule has 3 heterocycles. The first-order chi connectivity index (χ1) is 34.0. The average molecular weight is 953 g/mol. The molecule has 0 fully saturated rings. The van der Waals surface area contributed by atoms with E-state index in [1.807, 2.05) is 109 Å². The fourth-order valence-electron chi connectivity index (χ4n) is 10.2. The molecule has 0 amide bonds. The molecule has 0 bridgehead atoms. The van der Waals surface area contributed by atoms with Crippen LogP contribution in [0.4, 0.5) is 0 Å². The molecule has 0 unspecified atom stereocenters. The number of hydrogen-bond acceptors (Lipinski definition) is 2. The molecule has 1 aliphatic carbocycles. The third kappa shape index (κ3) is 7.34. The van der Waals surface area contributed by atoms with Gasteiger partial charge in [0.1, 0.15) is 0 Å². The van der Waals surface area contributed by atoms with E-state index in [-0.39, 0.29) is 10.9 Å². The Morgan fingerprint density at radius 3 is 1.13 bits per heavy atom. The van der Waals surface area contributed by atoms with Gasteiger partial charge in [0, 0.05) is 53.9 Å². The Hall–Kier alpha value is -8.58. The number of benzene rings is 10. The number of para-hydroxylation sites is 6. The maximum absolute atomic E-state index is 13.5. The Kier molecular flexibility index (Phi) is 10.7. The van der Waals surface area contributed by atoms with Crippen LogP contribution in [0.15, 0.2) is 257 Å². The molecule has 0 atom stereocenters. The fraction of sp³-hybridized carbons (Fsp3) is 0.0159. The van der Waals surface area contributed by atoms with Crippen LogP contribution in [0.1, 0.15) is 11.1 Å². The monoisotopic (exact) mass is 951 g/mol. The van der Waals surface area contributed by atoms with E-state index < -0.39 is 0 Å². The number of pyridine rings is 2. The average Bonchev–Trinajstić information content (AvgIpc) is 3.96. The molecule has 69 heavy (non-hydrogen) atoms. The lowest BCUT2D eigenvalue weighted by Gasteiger charge is -2.17. The molecule has 0 radical (unpaired) electrons. The SMILES string of the molecule is O=c1c2ccccc2n(-c2ccccc2)c2cc(-n3c4ccccc4c4ccccc43)ccc12.O=c1c2ccccc2n(-c2ccccc2)c2cc(Br)ccc12.c1ccc2c(c1)Cc1ccccc1-2. The maximum Gasteiger partial charge on any atom is 0.197 e. The number of nitrogens with zero attached hydrogens (tertiary/aromatic N) is 3. The van der Waals surface area contributed by atoms with Crippen molar-refractivity contribution in [2.45, 2.75) is 6.42 Å². The van der Waals surface area contributed by atoms with Crippen molar-refractivity contribution in [3.05, 3.63) is 279 Å². The van der Waals surface area contributed by atoms with Gasteiger partial charge in [-0.15, -0.1) is 0 Å². The molecule has 6 heteroatoms. The van der Waals surface area contributed by atoms with Crippen LogP contribution in [-0.2, 0) is 6.42 Å². The molecule has 10 aromatic carbocycles. The molecule has 0 spiro atoms. The van der Waals surface area contributed by atoms with Crippen LogP contribution in [0.5, 0.6) is 0 Å². The molecule has 13 aromatic rings. The number of fused-ring (bicyclic) bond motifs is 10. The summed E-state index contributed by atoms with van der Waals surface area (Å²) in [5, 5.41) is 5.34. The van der Waals surface area contributed by atoms with Gasteiger partial charge in [-0.2, -0.15) is 0 Å². The van der Waals surface area contributed by atoms with Gasteiger partial charge < -0.3 is 13.7 Å². The number of rotatable bonds is 3. The minimum absolute atomic E-state index is 0.0616. The molecule has 14 rings (SSSR count). The summed E-state index contributed by atoms with van der Waals surface area (Å²) in [6.07, 6.45) is 1.10. The fourth-order valence-corrected chi connectivity index (χ4v) is 10.5. The minimum atomic E-state index is 0.0616. The summed E-state index contributed by atoms with van der Waals surface area (Å²) in [7, 11) is 0. The van der Waals surface area contributed by atoms with E-state index in [2.05, 4.69) is 163 Å². The molecule has 1 aliphatic rings. The quantitative estimate of drug-likeness (QED) is 0.166. The zero-order valence-electron chi connectivity index (χ0n) is 37.3. The Balaban J connectivity index is 0.000000120. The molecule has 5 nitrogen and oxygen atoms in total. The van der Waals surface area contributed by atoms with Gasteiger partial charge in [0.05, 0.1) is 33.1 Å². The molecule has 0 saturated heterocycles. The summed E-state index contributed by atoms with van der Waals surface area (Å²) in [6, 6.07) is 82.2. The topological polar surface area (TPSA) is 48.9 Å². The van der Waals surface area contributed by atoms with E-state index in [1.165, 1.54) is 33.0 Å². The van der Waals surface area contributed by atoms with Crippen molar-refractivity contribution in [3.8, 4) is 28.2 Å². The highest BCUT2D eigenvalue weighted by molar-refractivity contribution is 9.10. The summed E-state index contributed by atoms with van der Waals surface area (Å²) in [5.74, 6) is 0. The summed E-state index contributed by atoms with van der Waals surface area (Å²) >= 11 is 3.51. The predicted octanol–water partition coefficient (Wildman–Crippen LogP) is 15.4. The highest BCUT2D eigenvalue weighted by atomic mass is 79.9. The van der Waals surface area contributed by atoms with Crippen molar-refractivity contribution >= 4 is 81.3 Å². The van der Waals surface area contributed by atoms with Crippen molar-refractivity contribution in [2.24, 2.45) is 0 Å². The molecular formula is C63H42BrN3O2. The zero-order chi connectivity index (χ0) is 46.4. The van der Waals surface area contributed by atoms with Crippen LogP contribution in [0.3, 0.4) is 0 Å². The largest absolute Gasteiger partial charge is 0.309 e. The van der Waals surface area contributed by atoms with Gasteiger partial charge in [-0.05, 0) is 126 Å². The third-order valence-electron chi connectivity index (χ3n) is 13.3. The Bertz CT molecular complexity index is 4130. The Morgan fingerprint density at radius 2 is 0.638 bits per heavy atom. The van der Waals surface area contributed by atoms with Crippen LogP contribution in [0.2, 0.25) is 0 Å². The van der Waals surface area contributed by atoms with Gasteiger partial charge in [-0.25, -0.2) is 0 Å². The van der Waals surface area contributed by atoms with E-state index in [4.69, 9.17) is 0 Å². The van der Waals surface area contributed by atoms with Crippen LogP contribution in [0, 0.1) is 0 Å². The molecule has 3 aromatic heterocycles. The second-order valence-electron chi connectivity index (χ2n) is 17.3. The second-order valence-corrected chi connectivity index (χ2v) is 18.2. The lowest BCUT2D eigenvalue weighted by Crippen LogP contribution is -2.11. The van der Waals surface area contributed by atoms with E-state index in [9.17, 15) is 9.59 Å². The van der Waals surface area contributed by atoms with Crippen LogP contribution in [-0.4, -0.2) is 13.7 Å². The first-order valence-corrected chi connectivity index (χ1v) is 23.9. The summed E-state index contributed by atoms with van der Waals surface area (Å²) in [5.41, 5.74) is 14.9. The van der Waals surface area contributed by atoms with Crippen molar-refractivity contribution in [3.63, 3.8) is 0 Å². The third-order valence-corrected chi connectivity index (χ3v) is 13.8. The van der Waals surface area contributed by atoms with Gasteiger partial charge >= 0.3 is 0 Å². The number of halogens is 1. The highest BCUT2D eigenvalue weighted by Crippen LogP contribution is 2.36. The lowest BCUT2D eigenvalue weighted by atomic mass is 10.1. The van der Waals surface area contributed by atoms with E-state index in [1.54, 1.807) is 0 Å². The first kappa shape index (κ1) is 41.8. The van der Waals surface area contributed by atoms with Crippen molar-refractivity contribution in [1.29, 1.82) is 0 Å². The summed E-state index contributed by atoms with van der Waals surface area (Å²) in [6.45, 7) is 0. The molecular weight excluding hydrogens is 911 g/mol. The predicted molar refractivity (Wildman–Crippen MR) is 291 cm³/mol. The molecule has 0 aliphatic heterocycles. The van der Waals surface area contributed by atoms with E-state index in [0.29, 0.717) is 5.39 Å². The van der Waals surface area contributed by atoms with Crippen molar-refractivity contribution < 1.29 is 0 Å². The summed E-state index contributed by atoms with van der Waals surface area (Å²) < 4.78 is 7.58. The van der Waals surface area contributed by atoms with Gasteiger partial charge in [0.25, 0.3) is 0 Å². The molecule has 328 valence electrons. The standard InChI is InChI=1S/C31H20N2O.C19H12BrNO.C13H10/c34-31-25-14-6-9-17-29(25)32(21-10-2-1-3-11-21)30-20-22(18-19-26(30)31)33-27-15-7-4-12-23(27)24-13-5-8-16-28(24)33;20-13-10-11-16-18(12-13)21(14-6-2-1-3-7-14)17-9-5-4-8-15(17)19(16)22;1-3-7-12-10(5-1)9-11-6-2-4-8-13(11)12/h1-20H;1-12H;1-8H,9H2. The van der Waals surface area contributed by atoms with Crippen LogP contribution >= 0.6 is 15.9 Å². The number of hydrogen-bond donors (Lipinski definition) is 0. The zero-order valence-corrected chi connectivity index (χ0v) is 38.9. The smallest absolute Gasteiger partial charge is 0.197 e. The highest BCUT2D eigenvalue weighted by Gasteiger charge is 2.18. The second kappa shape index (κ2) is 17.6. The lowest BCUT2D eigenvalue weighted by molar-refractivity contribution is 1.14. The normalized spacial score (nSPS) is 11.6. The molecule has 0 N–H and O–H groups in total. The van der Waals surface area contributed by atoms with Crippen molar-refractivity contribution in [2.75, 3.05) is 0 Å². The van der Waals surface area contributed by atoms with Crippen LogP contribution in [0.25, 0.3) is 93.6 Å². The minimum Gasteiger partial charge on any atom is -0.309 e. The Labute approximate surface area is 406 Å². The van der Waals surface area contributed by atoms with E-state index in [0.717, 1.165) is 77.2 Å². The van der Waals surface area contributed by atoms with Gasteiger partial charge in [-0.3, -0.25) is 9.59 Å².